The van der Waals surface area contributed by atoms with Crippen LogP contribution in [0.15, 0.2) is 48.7 Å². The van der Waals surface area contributed by atoms with E-state index in [1.807, 2.05) is 30.3 Å². The van der Waals surface area contributed by atoms with Gasteiger partial charge >= 0.3 is 0 Å². The van der Waals surface area contributed by atoms with E-state index in [1.165, 1.54) is 0 Å². The van der Waals surface area contributed by atoms with E-state index < -0.39 is 0 Å². The Balaban J connectivity index is 2.14. The van der Waals surface area contributed by atoms with Crippen molar-refractivity contribution in [1.82, 2.24) is 4.98 Å². The normalized spacial score (nSPS) is 9.95. The number of aromatic nitrogens is 1. The summed E-state index contributed by atoms with van der Waals surface area (Å²) < 4.78 is 5.64. The van der Waals surface area contributed by atoms with Crippen LogP contribution >= 0.6 is 12.6 Å². The molecule has 0 radical (unpaired) electrons. The van der Waals surface area contributed by atoms with Crippen molar-refractivity contribution in [3.63, 3.8) is 0 Å². The van der Waals surface area contributed by atoms with E-state index in [1.54, 1.807) is 18.3 Å². The van der Waals surface area contributed by atoms with Gasteiger partial charge in [-0.2, -0.15) is 12.6 Å². The Morgan fingerprint density at radius 1 is 1.21 bits per heavy atom. The molecular weight excluding hydrogens is 260 g/mol. The molecule has 0 fully saturated rings. The number of ether oxygens (including phenoxy) is 1. The number of rotatable bonds is 5. The SMILES string of the molecule is O=C(CCS)Nc1cccnc1Oc1ccccc1. The highest BCUT2D eigenvalue weighted by atomic mass is 32.1. The maximum Gasteiger partial charge on any atom is 0.243 e. The minimum Gasteiger partial charge on any atom is -0.437 e. The summed E-state index contributed by atoms with van der Waals surface area (Å²) in [5.74, 6) is 1.44. The van der Waals surface area contributed by atoms with E-state index in [-0.39, 0.29) is 5.91 Å². The number of para-hydroxylation sites is 1. The molecule has 98 valence electrons. The second-order valence-electron chi connectivity index (χ2n) is 3.79. The fraction of sp³-hybridized carbons (Fsp3) is 0.143. The molecule has 0 saturated heterocycles. The van der Waals surface area contributed by atoms with E-state index in [0.717, 1.165) is 0 Å². The number of amides is 1. The van der Waals surface area contributed by atoms with Gasteiger partial charge in [-0.05, 0) is 30.0 Å². The van der Waals surface area contributed by atoms with Crippen molar-refractivity contribution < 1.29 is 9.53 Å². The number of thiol groups is 1. The molecule has 0 unspecified atom stereocenters. The highest BCUT2D eigenvalue weighted by Gasteiger charge is 2.08. The molecule has 5 heteroatoms. The van der Waals surface area contributed by atoms with E-state index in [4.69, 9.17) is 4.74 Å². The van der Waals surface area contributed by atoms with Crippen molar-refractivity contribution in [2.75, 3.05) is 11.1 Å². The van der Waals surface area contributed by atoms with Gasteiger partial charge in [-0.3, -0.25) is 4.79 Å². The smallest absolute Gasteiger partial charge is 0.243 e. The van der Waals surface area contributed by atoms with Crippen LogP contribution < -0.4 is 10.1 Å². The molecule has 19 heavy (non-hydrogen) atoms. The molecule has 1 N–H and O–H groups in total. The first kappa shape index (κ1) is 13.4. The van der Waals surface area contributed by atoms with Gasteiger partial charge in [0, 0.05) is 12.6 Å². The Bertz CT molecular complexity index is 546. The second kappa shape index (κ2) is 6.80. The van der Waals surface area contributed by atoms with Gasteiger partial charge in [-0.25, -0.2) is 4.98 Å². The summed E-state index contributed by atoms with van der Waals surface area (Å²) in [6, 6.07) is 12.8. The number of carbonyl (C=O) groups is 1. The maximum absolute atomic E-state index is 11.6. The van der Waals surface area contributed by atoms with Crippen molar-refractivity contribution in [3.05, 3.63) is 48.7 Å². The molecule has 2 rings (SSSR count). The van der Waals surface area contributed by atoms with Crippen LogP contribution in [0, 0.1) is 0 Å². The van der Waals surface area contributed by atoms with Gasteiger partial charge < -0.3 is 10.1 Å². The maximum atomic E-state index is 11.6. The summed E-state index contributed by atoms with van der Waals surface area (Å²) in [5, 5.41) is 2.76. The van der Waals surface area contributed by atoms with Crippen LogP contribution in [0.5, 0.6) is 11.6 Å². The number of carbonyl (C=O) groups excluding carboxylic acids is 1. The molecule has 0 aliphatic carbocycles. The summed E-state index contributed by atoms with van der Waals surface area (Å²) in [4.78, 5) is 15.7. The monoisotopic (exact) mass is 274 g/mol. The number of hydrogen-bond donors (Lipinski definition) is 2. The number of nitrogens with zero attached hydrogens (tertiary/aromatic N) is 1. The van der Waals surface area contributed by atoms with Crippen LogP contribution in [0.1, 0.15) is 6.42 Å². The zero-order chi connectivity index (χ0) is 13.5. The van der Waals surface area contributed by atoms with Gasteiger partial charge in [0.2, 0.25) is 11.8 Å². The average molecular weight is 274 g/mol. The van der Waals surface area contributed by atoms with Gasteiger partial charge in [-0.1, -0.05) is 18.2 Å². The molecule has 0 atom stereocenters. The summed E-state index contributed by atoms with van der Waals surface area (Å²) in [7, 11) is 0. The lowest BCUT2D eigenvalue weighted by Crippen LogP contribution is -2.12. The molecule has 0 saturated carbocycles. The highest BCUT2D eigenvalue weighted by Crippen LogP contribution is 2.26. The zero-order valence-corrected chi connectivity index (χ0v) is 11.1. The average Bonchev–Trinajstić information content (AvgIpc) is 2.42. The first-order chi connectivity index (χ1) is 9.29. The van der Waals surface area contributed by atoms with E-state index in [9.17, 15) is 4.79 Å². The first-order valence-corrected chi connectivity index (χ1v) is 6.51. The first-order valence-electron chi connectivity index (χ1n) is 5.88. The minimum absolute atomic E-state index is 0.110. The van der Waals surface area contributed by atoms with Crippen LogP contribution in [0.25, 0.3) is 0 Å². The molecule has 0 bridgehead atoms. The topological polar surface area (TPSA) is 51.2 Å². The molecule has 0 spiro atoms. The van der Waals surface area contributed by atoms with Crippen molar-refractivity contribution in [1.29, 1.82) is 0 Å². The molecular formula is C14H14N2O2S. The predicted octanol–water partition coefficient (Wildman–Crippen LogP) is 3.13. The van der Waals surface area contributed by atoms with Crippen molar-refractivity contribution in [3.8, 4) is 11.6 Å². The number of pyridine rings is 1. The molecule has 1 amide bonds. The van der Waals surface area contributed by atoms with Gasteiger partial charge in [0.25, 0.3) is 0 Å². The van der Waals surface area contributed by atoms with Gasteiger partial charge in [-0.15, -0.1) is 0 Å². The molecule has 0 aliphatic heterocycles. The third kappa shape index (κ3) is 3.99. The fourth-order valence-electron chi connectivity index (χ4n) is 1.48. The minimum atomic E-state index is -0.110. The summed E-state index contributed by atoms with van der Waals surface area (Å²) in [6.07, 6.45) is 1.97. The second-order valence-corrected chi connectivity index (χ2v) is 4.24. The number of anilines is 1. The lowest BCUT2D eigenvalue weighted by molar-refractivity contribution is -0.115. The van der Waals surface area contributed by atoms with E-state index in [0.29, 0.717) is 29.5 Å². The van der Waals surface area contributed by atoms with Gasteiger partial charge in [0.15, 0.2) is 0 Å². The number of benzene rings is 1. The van der Waals surface area contributed by atoms with Gasteiger partial charge in [0.1, 0.15) is 11.4 Å². The van der Waals surface area contributed by atoms with Crippen molar-refractivity contribution >= 4 is 24.2 Å². The highest BCUT2D eigenvalue weighted by molar-refractivity contribution is 7.80. The van der Waals surface area contributed by atoms with Crippen LogP contribution in [-0.4, -0.2) is 16.6 Å². The Morgan fingerprint density at radius 2 is 2.00 bits per heavy atom. The number of hydrogen-bond acceptors (Lipinski definition) is 4. The fourth-order valence-corrected chi connectivity index (χ4v) is 1.68. The van der Waals surface area contributed by atoms with Crippen LogP contribution in [0.2, 0.25) is 0 Å². The zero-order valence-electron chi connectivity index (χ0n) is 10.2. The summed E-state index contributed by atoms with van der Waals surface area (Å²) >= 11 is 4.02. The quantitative estimate of drug-likeness (QED) is 0.824. The van der Waals surface area contributed by atoms with Crippen LogP contribution in [0.4, 0.5) is 5.69 Å². The van der Waals surface area contributed by atoms with E-state index >= 15 is 0 Å². The van der Waals surface area contributed by atoms with Crippen molar-refractivity contribution in [2.45, 2.75) is 6.42 Å². The molecule has 4 nitrogen and oxygen atoms in total. The van der Waals surface area contributed by atoms with E-state index in [2.05, 4.69) is 22.9 Å². The predicted molar refractivity (Wildman–Crippen MR) is 77.9 cm³/mol. The Hall–Kier alpha value is -2.01. The Labute approximate surface area is 117 Å². The molecule has 1 aromatic carbocycles. The number of nitrogens with one attached hydrogen (secondary N) is 1. The lowest BCUT2D eigenvalue weighted by Gasteiger charge is -2.10. The largest absolute Gasteiger partial charge is 0.437 e. The molecule has 2 aromatic rings. The Morgan fingerprint density at radius 3 is 2.74 bits per heavy atom. The summed E-state index contributed by atoms with van der Waals surface area (Å²) in [5.41, 5.74) is 0.554. The third-order valence-electron chi connectivity index (χ3n) is 2.34. The molecule has 1 heterocycles. The molecule has 1 aromatic heterocycles. The standard InChI is InChI=1S/C14H14N2O2S/c17-13(8-10-19)16-12-7-4-9-15-14(12)18-11-5-2-1-3-6-11/h1-7,9,19H,8,10H2,(H,16,17). The Kier molecular flexibility index (Phi) is 4.80. The lowest BCUT2D eigenvalue weighted by atomic mass is 10.3. The summed E-state index contributed by atoms with van der Waals surface area (Å²) in [6.45, 7) is 0. The van der Waals surface area contributed by atoms with Crippen molar-refractivity contribution in [2.24, 2.45) is 0 Å². The third-order valence-corrected chi connectivity index (χ3v) is 2.57. The molecule has 0 aliphatic rings. The van der Waals surface area contributed by atoms with Crippen LogP contribution in [-0.2, 0) is 4.79 Å². The van der Waals surface area contributed by atoms with Gasteiger partial charge in [0.05, 0.1) is 0 Å². The van der Waals surface area contributed by atoms with Crippen LogP contribution in [0.3, 0.4) is 0 Å².